The van der Waals surface area contributed by atoms with Crippen LogP contribution in [0.4, 0.5) is 0 Å². The summed E-state index contributed by atoms with van der Waals surface area (Å²) in [6.45, 7) is 11.1. The standard InChI is InChI=1S/C34H46O3/c1-22-7-5-9-27(19-22)34(17-18-34)32(37)15-10-23(2)29-13-14-30-25(8-6-16-33(29,30)4)11-12-26-20-28(35)21-31(36)24(26)3/h5,7,9-12,15,19,23,28-32,35-37H,3,6,8,13-14,16-18,20-21H2,1-2,4H3/t23-,28-,29-,30+,31+,32+,33-/m1/s1. The van der Waals surface area contributed by atoms with E-state index in [9.17, 15) is 15.3 Å². The number of fused-ring (bicyclic) bond motifs is 1. The Morgan fingerprint density at radius 2 is 1.86 bits per heavy atom. The van der Waals surface area contributed by atoms with Crippen LogP contribution in [0.3, 0.4) is 0 Å². The predicted octanol–water partition coefficient (Wildman–Crippen LogP) is 6.72. The smallest absolute Gasteiger partial charge is 0.0817 e. The fourth-order valence-electron chi connectivity index (χ4n) is 8.05. The molecule has 0 bridgehead atoms. The van der Waals surface area contributed by atoms with Crippen LogP contribution in [0.5, 0.6) is 0 Å². The average molecular weight is 503 g/mol. The molecule has 3 nitrogen and oxygen atoms in total. The lowest BCUT2D eigenvalue weighted by atomic mass is 9.61. The van der Waals surface area contributed by atoms with Crippen molar-refractivity contribution >= 4 is 0 Å². The van der Waals surface area contributed by atoms with E-state index in [1.54, 1.807) is 0 Å². The van der Waals surface area contributed by atoms with Crippen LogP contribution in [0, 0.1) is 30.1 Å². The molecule has 4 aliphatic carbocycles. The molecule has 0 aromatic heterocycles. The summed E-state index contributed by atoms with van der Waals surface area (Å²) in [6.07, 6.45) is 16.4. The molecule has 0 amide bonds. The molecule has 0 saturated heterocycles. The van der Waals surface area contributed by atoms with Crippen molar-refractivity contribution in [2.24, 2.45) is 23.2 Å². The first-order chi connectivity index (χ1) is 17.6. The Kier molecular flexibility index (Phi) is 7.44. The molecule has 37 heavy (non-hydrogen) atoms. The van der Waals surface area contributed by atoms with Gasteiger partial charge in [0.25, 0.3) is 0 Å². The summed E-state index contributed by atoms with van der Waals surface area (Å²) in [6, 6.07) is 8.66. The van der Waals surface area contributed by atoms with Crippen LogP contribution in [-0.4, -0.2) is 33.6 Å². The summed E-state index contributed by atoms with van der Waals surface area (Å²) < 4.78 is 0. The number of aryl methyl sites for hydroxylation is 1. The van der Waals surface area contributed by atoms with Gasteiger partial charge in [0.05, 0.1) is 18.3 Å². The van der Waals surface area contributed by atoms with Gasteiger partial charge >= 0.3 is 0 Å². The van der Waals surface area contributed by atoms with Crippen LogP contribution < -0.4 is 0 Å². The van der Waals surface area contributed by atoms with Crippen molar-refractivity contribution in [3.63, 3.8) is 0 Å². The minimum absolute atomic E-state index is 0.0944. The first-order valence-corrected chi connectivity index (χ1v) is 14.5. The van der Waals surface area contributed by atoms with Crippen LogP contribution in [0.25, 0.3) is 0 Å². The topological polar surface area (TPSA) is 60.7 Å². The van der Waals surface area contributed by atoms with E-state index in [1.807, 2.05) is 0 Å². The quantitative estimate of drug-likeness (QED) is 0.378. The first-order valence-electron chi connectivity index (χ1n) is 14.5. The van der Waals surface area contributed by atoms with E-state index >= 15 is 0 Å². The number of benzene rings is 1. The third-order valence-electron chi connectivity index (χ3n) is 10.5. The van der Waals surface area contributed by atoms with E-state index in [-0.39, 0.29) is 10.8 Å². The summed E-state index contributed by atoms with van der Waals surface area (Å²) in [5, 5.41) is 31.6. The SMILES string of the molecule is C=C1C(=CC=C2CCC[C@]3(C)[C@@H]([C@H](C)C=C[C@H](O)C4(c5cccc(C)c5)CC4)CC[C@@H]23)C[C@@H](O)C[C@@H]1O. The van der Waals surface area contributed by atoms with E-state index in [1.165, 1.54) is 42.4 Å². The highest BCUT2D eigenvalue weighted by Crippen LogP contribution is 2.60. The number of hydrogen-bond acceptors (Lipinski definition) is 3. The molecule has 0 unspecified atom stereocenters. The molecular weight excluding hydrogens is 456 g/mol. The molecule has 200 valence electrons. The summed E-state index contributed by atoms with van der Waals surface area (Å²) in [4.78, 5) is 0. The van der Waals surface area contributed by atoms with E-state index in [0.717, 1.165) is 30.4 Å². The molecule has 0 spiro atoms. The van der Waals surface area contributed by atoms with Crippen LogP contribution in [-0.2, 0) is 5.41 Å². The van der Waals surface area contributed by atoms with Crippen LogP contribution >= 0.6 is 0 Å². The molecule has 4 fully saturated rings. The zero-order valence-corrected chi connectivity index (χ0v) is 23.0. The van der Waals surface area contributed by atoms with E-state index in [2.05, 4.69) is 75.9 Å². The fraction of sp³-hybridized carbons (Fsp3) is 0.588. The van der Waals surface area contributed by atoms with Gasteiger partial charge in [-0.3, -0.25) is 0 Å². The Bertz CT molecular complexity index is 1110. The normalized spacial score (nSPS) is 37.2. The van der Waals surface area contributed by atoms with Crippen LogP contribution in [0.2, 0.25) is 0 Å². The Balaban J connectivity index is 1.29. The highest BCUT2D eigenvalue weighted by atomic mass is 16.3. The van der Waals surface area contributed by atoms with E-state index < -0.39 is 18.3 Å². The molecule has 3 N–H and O–H groups in total. The van der Waals surface area contributed by atoms with E-state index in [4.69, 9.17) is 0 Å². The summed E-state index contributed by atoms with van der Waals surface area (Å²) in [7, 11) is 0. The summed E-state index contributed by atoms with van der Waals surface area (Å²) >= 11 is 0. The van der Waals surface area contributed by atoms with Crippen molar-refractivity contribution in [1.82, 2.24) is 0 Å². The molecule has 4 aliphatic rings. The van der Waals surface area contributed by atoms with Crippen molar-refractivity contribution in [2.75, 3.05) is 0 Å². The lowest BCUT2D eigenvalue weighted by Crippen LogP contribution is -2.35. The van der Waals surface area contributed by atoms with Gasteiger partial charge in [-0.25, -0.2) is 0 Å². The van der Waals surface area contributed by atoms with Crippen molar-refractivity contribution in [1.29, 1.82) is 0 Å². The molecular formula is C34H46O3. The molecule has 0 aliphatic heterocycles. The lowest BCUT2D eigenvalue weighted by molar-refractivity contribution is 0.0862. The molecule has 1 aromatic carbocycles. The predicted molar refractivity (Wildman–Crippen MR) is 151 cm³/mol. The average Bonchev–Trinajstić information content (AvgIpc) is 3.60. The molecule has 0 radical (unpaired) electrons. The summed E-state index contributed by atoms with van der Waals surface area (Å²) in [5.74, 6) is 1.62. The highest BCUT2D eigenvalue weighted by Gasteiger charge is 2.51. The van der Waals surface area contributed by atoms with Gasteiger partial charge in [-0.2, -0.15) is 0 Å². The van der Waals surface area contributed by atoms with Gasteiger partial charge in [0.1, 0.15) is 0 Å². The molecule has 1 aromatic rings. The molecule has 3 heteroatoms. The zero-order chi connectivity index (χ0) is 26.4. The van der Waals surface area contributed by atoms with Crippen LogP contribution in [0.1, 0.15) is 82.8 Å². The first kappa shape index (κ1) is 26.7. The third kappa shape index (κ3) is 5.07. The minimum Gasteiger partial charge on any atom is -0.393 e. The van der Waals surface area contributed by atoms with Gasteiger partial charge in [0, 0.05) is 11.8 Å². The van der Waals surface area contributed by atoms with Gasteiger partial charge in [0.2, 0.25) is 0 Å². The van der Waals surface area contributed by atoms with Gasteiger partial charge in [-0.1, -0.05) is 80.1 Å². The van der Waals surface area contributed by atoms with Crippen molar-refractivity contribution in [3.8, 4) is 0 Å². The van der Waals surface area contributed by atoms with E-state index in [0.29, 0.717) is 30.6 Å². The monoisotopic (exact) mass is 502 g/mol. The fourth-order valence-corrected chi connectivity index (χ4v) is 8.05. The lowest BCUT2D eigenvalue weighted by Gasteiger charge is -2.44. The van der Waals surface area contributed by atoms with Crippen molar-refractivity contribution < 1.29 is 15.3 Å². The second kappa shape index (κ2) is 10.3. The number of aliphatic hydroxyl groups excluding tert-OH is 3. The second-order valence-corrected chi connectivity index (χ2v) is 12.9. The largest absolute Gasteiger partial charge is 0.393 e. The van der Waals surface area contributed by atoms with Gasteiger partial charge in [-0.05, 0) is 98.2 Å². The number of allylic oxidation sites excluding steroid dienone is 4. The molecule has 4 saturated carbocycles. The maximum absolute atomic E-state index is 11.2. The Labute approximate surface area is 223 Å². The third-order valence-corrected chi connectivity index (χ3v) is 10.5. The number of hydrogen-bond donors (Lipinski definition) is 3. The number of aliphatic hydroxyl groups is 3. The molecule has 7 atom stereocenters. The van der Waals surface area contributed by atoms with Gasteiger partial charge in [0.15, 0.2) is 0 Å². The maximum atomic E-state index is 11.2. The van der Waals surface area contributed by atoms with Crippen LogP contribution in [0.15, 0.2) is 71.9 Å². The Morgan fingerprint density at radius 3 is 2.59 bits per heavy atom. The zero-order valence-electron chi connectivity index (χ0n) is 23.0. The minimum atomic E-state index is -0.635. The Hall–Kier alpha value is -1.94. The maximum Gasteiger partial charge on any atom is 0.0817 e. The molecule has 5 rings (SSSR count). The van der Waals surface area contributed by atoms with Gasteiger partial charge < -0.3 is 15.3 Å². The number of rotatable bonds is 6. The second-order valence-electron chi connectivity index (χ2n) is 12.9. The van der Waals surface area contributed by atoms with Crippen molar-refractivity contribution in [3.05, 3.63) is 83.0 Å². The summed E-state index contributed by atoms with van der Waals surface area (Å²) in [5.41, 5.74) is 6.00. The molecule has 0 heterocycles. The van der Waals surface area contributed by atoms with Gasteiger partial charge in [-0.15, -0.1) is 0 Å². The Morgan fingerprint density at radius 1 is 1.08 bits per heavy atom. The van der Waals surface area contributed by atoms with Crippen molar-refractivity contribution in [2.45, 2.75) is 102 Å². The highest BCUT2D eigenvalue weighted by molar-refractivity contribution is 5.39.